The summed E-state index contributed by atoms with van der Waals surface area (Å²) >= 11 is 1.66. The molecule has 1 aromatic heterocycles. The molecule has 3 nitrogen and oxygen atoms in total. The fourth-order valence-corrected chi connectivity index (χ4v) is 2.67. The molecule has 2 rings (SSSR count). The van der Waals surface area contributed by atoms with Crippen molar-refractivity contribution in [3.8, 4) is 5.75 Å². The van der Waals surface area contributed by atoms with Crippen molar-refractivity contribution in [3.05, 3.63) is 57.3 Å². The van der Waals surface area contributed by atoms with Crippen LogP contribution in [-0.2, 0) is 6.42 Å². The maximum absolute atomic E-state index is 12.2. The Balaban J connectivity index is 2.19. The molecule has 1 heterocycles. The van der Waals surface area contributed by atoms with Gasteiger partial charge in [-0.25, -0.2) is 0 Å². The number of hydrogen-bond donors (Lipinski definition) is 2. The monoisotopic (exact) mass is 287 g/mol. The highest BCUT2D eigenvalue weighted by Crippen LogP contribution is 2.30. The van der Waals surface area contributed by atoms with Crippen LogP contribution in [0.5, 0.6) is 5.75 Å². The lowest BCUT2D eigenvalue weighted by Crippen LogP contribution is -2.04. The van der Waals surface area contributed by atoms with Gasteiger partial charge in [0.2, 0.25) is 0 Å². The van der Waals surface area contributed by atoms with Crippen LogP contribution in [0, 0.1) is 13.8 Å². The number of carbonyl (C=O) groups is 1. The summed E-state index contributed by atoms with van der Waals surface area (Å²) in [6.45, 7) is 3.47. The second-order valence-corrected chi connectivity index (χ2v) is 5.71. The molecule has 20 heavy (non-hydrogen) atoms. The number of aryl methyl sites for hydroxylation is 1. The minimum atomic E-state index is -0.134. The number of allylic oxidation sites excluding steroid dienone is 2. The number of nitrogen functional groups attached to an aromatic ring is 1. The lowest BCUT2D eigenvalue weighted by atomic mass is 9.99. The molecule has 0 spiro atoms. The van der Waals surface area contributed by atoms with Crippen molar-refractivity contribution in [1.82, 2.24) is 0 Å². The summed E-state index contributed by atoms with van der Waals surface area (Å²) in [5, 5.41) is 11.8. The van der Waals surface area contributed by atoms with Crippen LogP contribution < -0.4 is 5.73 Å². The number of carbonyl (C=O) groups excluding carboxylic acids is 1. The van der Waals surface area contributed by atoms with Crippen molar-refractivity contribution in [1.29, 1.82) is 0 Å². The molecule has 0 bridgehead atoms. The third-order valence-electron chi connectivity index (χ3n) is 3.22. The van der Waals surface area contributed by atoms with Crippen LogP contribution in [0.4, 0.5) is 5.69 Å². The molecule has 0 radical (unpaired) electrons. The number of thiophene rings is 1. The number of phenols is 1. The summed E-state index contributed by atoms with van der Waals surface area (Å²) < 4.78 is 0. The zero-order valence-electron chi connectivity index (χ0n) is 11.5. The first-order chi connectivity index (χ1) is 9.50. The van der Waals surface area contributed by atoms with Gasteiger partial charge in [0.05, 0.1) is 0 Å². The van der Waals surface area contributed by atoms with Crippen molar-refractivity contribution >= 4 is 22.8 Å². The van der Waals surface area contributed by atoms with Gasteiger partial charge >= 0.3 is 0 Å². The first-order valence-electron chi connectivity index (χ1n) is 6.32. The number of hydrogen-bond acceptors (Lipinski definition) is 4. The Morgan fingerprint density at radius 3 is 2.85 bits per heavy atom. The molecule has 0 saturated heterocycles. The highest BCUT2D eigenvalue weighted by Gasteiger charge is 2.13. The second kappa shape index (κ2) is 5.92. The van der Waals surface area contributed by atoms with E-state index in [1.807, 2.05) is 23.6 Å². The van der Waals surface area contributed by atoms with Crippen LogP contribution in [0.25, 0.3) is 0 Å². The lowest BCUT2D eigenvalue weighted by molar-refractivity contribution is 0.104. The van der Waals surface area contributed by atoms with Crippen LogP contribution in [0.1, 0.15) is 26.4 Å². The van der Waals surface area contributed by atoms with Crippen LogP contribution in [0.2, 0.25) is 0 Å². The van der Waals surface area contributed by atoms with E-state index >= 15 is 0 Å². The van der Waals surface area contributed by atoms with Gasteiger partial charge in [0.1, 0.15) is 5.75 Å². The van der Waals surface area contributed by atoms with E-state index in [9.17, 15) is 9.90 Å². The number of nitrogens with two attached hydrogens (primary N) is 1. The number of aromatic hydroxyl groups is 1. The van der Waals surface area contributed by atoms with E-state index in [0.717, 1.165) is 6.42 Å². The fourth-order valence-electron chi connectivity index (χ4n) is 1.99. The molecule has 0 fully saturated rings. The first kappa shape index (κ1) is 14.3. The molecule has 0 aliphatic heterocycles. The van der Waals surface area contributed by atoms with Crippen molar-refractivity contribution in [2.24, 2.45) is 0 Å². The Hall–Kier alpha value is -2.07. The Morgan fingerprint density at radius 2 is 2.20 bits per heavy atom. The lowest BCUT2D eigenvalue weighted by Gasteiger charge is -2.10. The molecule has 0 amide bonds. The first-order valence-corrected chi connectivity index (χ1v) is 7.20. The average Bonchev–Trinajstić information content (AvgIpc) is 2.93. The minimum absolute atomic E-state index is 0.134. The molecule has 0 saturated carbocycles. The SMILES string of the molecule is Cc1cc(C(=O)C=CCc2cccs2)c(N)c(C)c1O. The van der Waals surface area contributed by atoms with Gasteiger partial charge in [0.25, 0.3) is 0 Å². The summed E-state index contributed by atoms with van der Waals surface area (Å²) in [5.41, 5.74) is 7.91. The summed E-state index contributed by atoms with van der Waals surface area (Å²) in [4.78, 5) is 13.4. The van der Waals surface area contributed by atoms with E-state index in [1.54, 1.807) is 37.3 Å². The maximum Gasteiger partial charge on any atom is 0.187 e. The van der Waals surface area contributed by atoms with Crippen LogP contribution in [0.15, 0.2) is 35.7 Å². The Kier molecular flexibility index (Phi) is 4.25. The Labute approximate surface area is 122 Å². The van der Waals surface area contributed by atoms with Gasteiger partial charge in [-0.05, 0) is 43.0 Å². The highest BCUT2D eigenvalue weighted by atomic mass is 32.1. The number of phenolic OH excluding ortho intramolecular Hbond substituents is 1. The molecule has 3 N–H and O–H groups in total. The topological polar surface area (TPSA) is 63.3 Å². The highest BCUT2D eigenvalue weighted by molar-refractivity contribution is 7.09. The fraction of sp³-hybridized carbons (Fsp3) is 0.188. The van der Waals surface area contributed by atoms with E-state index in [0.29, 0.717) is 22.4 Å². The van der Waals surface area contributed by atoms with E-state index in [1.165, 1.54) is 4.88 Å². The zero-order chi connectivity index (χ0) is 14.7. The molecule has 0 aliphatic carbocycles. The minimum Gasteiger partial charge on any atom is -0.507 e. The van der Waals surface area contributed by atoms with Gasteiger partial charge in [0, 0.05) is 28.1 Å². The maximum atomic E-state index is 12.2. The number of anilines is 1. The van der Waals surface area contributed by atoms with Crippen molar-refractivity contribution in [3.63, 3.8) is 0 Å². The smallest absolute Gasteiger partial charge is 0.187 e. The third-order valence-corrected chi connectivity index (χ3v) is 4.12. The van der Waals surface area contributed by atoms with Gasteiger partial charge in [0.15, 0.2) is 5.78 Å². The summed E-state index contributed by atoms with van der Waals surface area (Å²) in [6.07, 6.45) is 4.12. The molecule has 4 heteroatoms. The Bertz CT molecular complexity index is 658. The van der Waals surface area contributed by atoms with E-state index < -0.39 is 0 Å². The van der Waals surface area contributed by atoms with Gasteiger partial charge in [-0.2, -0.15) is 0 Å². The summed E-state index contributed by atoms with van der Waals surface area (Å²) in [7, 11) is 0. The molecule has 0 atom stereocenters. The van der Waals surface area contributed by atoms with Gasteiger partial charge in [-0.1, -0.05) is 12.1 Å². The van der Waals surface area contributed by atoms with Crippen LogP contribution in [0.3, 0.4) is 0 Å². The average molecular weight is 287 g/mol. The molecule has 1 aromatic carbocycles. The van der Waals surface area contributed by atoms with Crippen LogP contribution >= 0.6 is 11.3 Å². The third kappa shape index (κ3) is 2.91. The van der Waals surface area contributed by atoms with E-state index in [-0.39, 0.29) is 11.5 Å². The second-order valence-electron chi connectivity index (χ2n) is 4.68. The van der Waals surface area contributed by atoms with Crippen molar-refractivity contribution in [2.75, 3.05) is 5.73 Å². The van der Waals surface area contributed by atoms with E-state index in [2.05, 4.69) is 0 Å². The largest absolute Gasteiger partial charge is 0.507 e. The molecule has 104 valence electrons. The molecule has 0 unspecified atom stereocenters. The normalized spacial score (nSPS) is 11.1. The van der Waals surface area contributed by atoms with Crippen LogP contribution in [-0.4, -0.2) is 10.9 Å². The van der Waals surface area contributed by atoms with Gasteiger partial charge in [-0.3, -0.25) is 4.79 Å². The number of ketones is 1. The number of benzene rings is 1. The number of rotatable bonds is 4. The summed E-state index contributed by atoms with van der Waals surface area (Å²) in [5.74, 6) is 0.0203. The molecular formula is C16H17NO2S. The predicted octanol–water partition coefficient (Wildman–Crippen LogP) is 3.63. The Morgan fingerprint density at radius 1 is 1.45 bits per heavy atom. The predicted molar refractivity (Wildman–Crippen MR) is 83.5 cm³/mol. The molecular weight excluding hydrogens is 270 g/mol. The van der Waals surface area contributed by atoms with Gasteiger partial charge < -0.3 is 10.8 Å². The zero-order valence-corrected chi connectivity index (χ0v) is 12.3. The standard InChI is InChI=1S/C16H17NO2S/c1-10-9-13(15(17)11(2)16(10)19)14(18)7-3-5-12-6-4-8-20-12/h3-4,6-9,19H,5,17H2,1-2H3. The quantitative estimate of drug-likeness (QED) is 0.512. The summed E-state index contributed by atoms with van der Waals surface area (Å²) in [6, 6.07) is 5.65. The van der Waals surface area contributed by atoms with Crippen molar-refractivity contribution < 1.29 is 9.90 Å². The van der Waals surface area contributed by atoms with Gasteiger partial charge in [-0.15, -0.1) is 11.3 Å². The van der Waals surface area contributed by atoms with Crippen molar-refractivity contribution in [2.45, 2.75) is 20.3 Å². The molecule has 2 aromatic rings. The molecule has 0 aliphatic rings. The van der Waals surface area contributed by atoms with E-state index in [4.69, 9.17) is 5.73 Å².